The summed E-state index contributed by atoms with van der Waals surface area (Å²) < 4.78 is 32.5. The second kappa shape index (κ2) is 7.88. The molecule has 3 rings (SSSR count). The fourth-order valence-corrected chi connectivity index (χ4v) is 3.35. The molecule has 0 aliphatic carbocycles. The Morgan fingerprint density at radius 2 is 1.63 bits per heavy atom. The van der Waals surface area contributed by atoms with Crippen LogP contribution in [0.1, 0.15) is 10.4 Å². The highest BCUT2D eigenvalue weighted by molar-refractivity contribution is 7.92. The van der Waals surface area contributed by atoms with Gasteiger partial charge in [0.1, 0.15) is 5.75 Å². The number of carbonyl (C=O) groups excluding carboxylic acids is 1. The molecule has 1 aromatic heterocycles. The van der Waals surface area contributed by atoms with Crippen molar-refractivity contribution in [2.45, 2.75) is 4.90 Å². The predicted octanol–water partition coefficient (Wildman–Crippen LogP) is 3.14. The molecule has 1 amide bonds. The van der Waals surface area contributed by atoms with Crippen molar-refractivity contribution in [1.29, 1.82) is 0 Å². The number of nitrogens with zero attached hydrogens (tertiary/aromatic N) is 1. The number of pyridine rings is 1. The van der Waals surface area contributed by atoms with Crippen LogP contribution in [0.4, 0.5) is 11.4 Å². The number of methoxy groups -OCH3 is 1. The van der Waals surface area contributed by atoms with Gasteiger partial charge in [-0.15, -0.1) is 0 Å². The number of rotatable bonds is 6. The van der Waals surface area contributed by atoms with Gasteiger partial charge in [0.2, 0.25) is 0 Å². The van der Waals surface area contributed by atoms with Crippen LogP contribution in [0.15, 0.2) is 78.0 Å². The third-order valence-corrected chi connectivity index (χ3v) is 5.09. The summed E-state index contributed by atoms with van der Waals surface area (Å²) in [5, 5.41) is 2.69. The molecule has 0 bridgehead atoms. The average Bonchev–Trinajstić information content (AvgIpc) is 2.69. The number of aromatic nitrogens is 1. The summed E-state index contributed by atoms with van der Waals surface area (Å²) in [6.07, 6.45) is 3.03. The summed E-state index contributed by atoms with van der Waals surface area (Å²) in [6.45, 7) is 0. The van der Waals surface area contributed by atoms with E-state index >= 15 is 0 Å². The Balaban J connectivity index is 1.70. The molecule has 7 nitrogen and oxygen atoms in total. The first-order chi connectivity index (χ1) is 13.0. The van der Waals surface area contributed by atoms with E-state index in [0.717, 1.165) is 0 Å². The normalized spacial score (nSPS) is 10.9. The minimum absolute atomic E-state index is 0.0812. The van der Waals surface area contributed by atoms with Crippen LogP contribution >= 0.6 is 0 Å². The van der Waals surface area contributed by atoms with E-state index in [-0.39, 0.29) is 10.8 Å². The molecule has 1 heterocycles. The number of hydrogen-bond acceptors (Lipinski definition) is 5. The Morgan fingerprint density at radius 1 is 0.963 bits per heavy atom. The van der Waals surface area contributed by atoms with Gasteiger partial charge >= 0.3 is 0 Å². The lowest BCUT2D eigenvalue weighted by Crippen LogP contribution is -2.14. The molecular formula is C19H17N3O4S. The highest BCUT2D eigenvalue weighted by Gasteiger charge is 2.14. The average molecular weight is 383 g/mol. The first-order valence-electron chi connectivity index (χ1n) is 7.96. The molecule has 2 aromatic carbocycles. The van der Waals surface area contributed by atoms with Gasteiger partial charge in [0.25, 0.3) is 15.9 Å². The summed E-state index contributed by atoms with van der Waals surface area (Å²) >= 11 is 0. The van der Waals surface area contributed by atoms with Crippen LogP contribution in [-0.4, -0.2) is 26.4 Å². The van der Waals surface area contributed by atoms with Crippen LogP contribution in [0.2, 0.25) is 0 Å². The number of anilines is 2. The Labute approximate surface area is 157 Å². The zero-order valence-corrected chi connectivity index (χ0v) is 15.2. The molecule has 0 aliphatic rings. The van der Waals surface area contributed by atoms with Gasteiger partial charge in [0, 0.05) is 23.8 Å². The summed E-state index contributed by atoms with van der Waals surface area (Å²) in [7, 11) is -2.21. The Bertz CT molecular complexity index is 1020. The van der Waals surface area contributed by atoms with Crippen LogP contribution in [0.25, 0.3) is 0 Å². The SMILES string of the molecule is COc1ccc(NS(=O)(=O)c2ccc(NC(=O)c3cccnc3)cc2)cc1. The lowest BCUT2D eigenvalue weighted by Gasteiger charge is -2.10. The van der Waals surface area contributed by atoms with Crippen molar-refractivity contribution in [3.63, 3.8) is 0 Å². The maximum atomic E-state index is 12.5. The van der Waals surface area contributed by atoms with Crippen LogP contribution in [-0.2, 0) is 10.0 Å². The number of sulfonamides is 1. The van der Waals surface area contributed by atoms with E-state index in [1.54, 1.807) is 42.6 Å². The van der Waals surface area contributed by atoms with E-state index in [0.29, 0.717) is 22.7 Å². The number of hydrogen-bond donors (Lipinski definition) is 2. The van der Waals surface area contributed by atoms with Gasteiger partial charge in [0.15, 0.2) is 0 Å². The van der Waals surface area contributed by atoms with Crippen molar-refractivity contribution in [2.75, 3.05) is 17.1 Å². The summed E-state index contributed by atoms with van der Waals surface area (Å²) in [5.74, 6) is 0.307. The third kappa shape index (κ3) is 4.62. The molecule has 3 aromatic rings. The Hall–Kier alpha value is -3.39. The van der Waals surface area contributed by atoms with E-state index in [1.165, 1.54) is 37.6 Å². The smallest absolute Gasteiger partial charge is 0.261 e. The molecule has 0 unspecified atom stereocenters. The van der Waals surface area contributed by atoms with Gasteiger partial charge < -0.3 is 10.1 Å². The zero-order valence-electron chi connectivity index (χ0n) is 14.4. The lowest BCUT2D eigenvalue weighted by molar-refractivity contribution is 0.102. The topological polar surface area (TPSA) is 97.4 Å². The first kappa shape index (κ1) is 18.4. The van der Waals surface area contributed by atoms with Gasteiger partial charge in [-0.25, -0.2) is 8.42 Å². The molecule has 0 fully saturated rings. The minimum atomic E-state index is -3.74. The van der Waals surface area contributed by atoms with Crippen molar-refractivity contribution in [1.82, 2.24) is 4.98 Å². The second-order valence-corrected chi connectivity index (χ2v) is 7.24. The number of carbonyl (C=O) groups is 1. The van der Waals surface area contributed by atoms with Gasteiger partial charge in [-0.1, -0.05) is 0 Å². The number of ether oxygens (including phenoxy) is 1. The molecule has 2 N–H and O–H groups in total. The van der Waals surface area contributed by atoms with Crippen LogP contribution < -0.4 is 14.8 Å². The number of amides is 1. The fourth-order valence-electron chi connectivity index (χ4n) is 2.29. The second-order valence-electron chi connectivity index (χ2n) is 5.55. The Kier molecular flexibility index (Phi) is 5.37. The standard InChI is InChI=1S/C19H17N3O4S/c1-26-17-8-4-16(5-9-17)22-27(24,25)18-10-6-15(7-11-18)21-19(23)14-3-2-12-20-13-14/h2-13,22H,1H3,(H,21,23). The van der Waals surface area contributed by atoms with Gasteiger partial charge in [-0.3, -0.25) is 14.5 Å². The van der Waals surface area contributed by atoms with Crippen molar-refractivity contribution in [3.8, 4) is 5.75 Å². The highest BCUT2D eigenvalue weighted by Crippen LogP contribution is 2.20. The minimum Gasteiger partial charge on any atom is -0.497 e. The molecule has 0 atom stereocenters. The Morgan fingerprint density at radius 3 is 2.22 bits per heavy atom. The maximum absolute atomic E-state index is 12.5. The molecule has 27 heavy (non-hydrogen) atoms. The van der Waals surface area contributed by atoms with Crippen molar-refractivity contribution >= 4 is 27.3 Å². The van der Waals surface area contributed by atoms with Gasteiger partial charge in [0.05, 0.1) is 17.6 Å². The van der Waals surface area contributed by atoms with Crippen molar-refractivity contribution < 1.29 is 17.9 Å². The maximum Gasteiger partial charge on any atom is 0.261 e. The summed E-state index contributed by atoms with van der Waals surface area (Å²) in [4.78, 5) is 16.1. The van der Waals surface area contributed by atoms with E-state index in [2.05, 4.69) is 15.0 Å². The molecule has 138 valence electrons. The van der Waals surface area contributed by atoms with Crippen LogP contribution in [0.3, 0.4) is 0 Å². The zero-order chi connectivity index (χ0) is 19.3. The first-order valence-corrected chi connectivity index (χ1v) is 9.44. The summed E-state index contributed by atoms with van der Waals surface area (Å²) in [6, 6.07) is 15.7. The molecule has 0 spiro atoms. The van der Waals surface area contributed by atoms with Gasteiger partial charge in [-0.2, -0.15) is 0 Å². The number of benzene rings is 2. The molecule has 0 saturated heterocycles. The quantitative estimate of drug-likeness (QED) is 0.681. The van der Waals surface area contributed by atoms with E-state index < -0.39 is 10.0 Å². The summed E-state index contributed by atoms with van der Waals surface area (Å²) in [5.41, 5.74) is 1.31. The van der Waals surface area contributed by atoms with E-state index in [9.17, 15) is 13.2 Å². The van der Waals surface area contributed by atoms with Crippen molar-refractivity contribution in [2.24, 2.45) is 0 Å². The molecule has 0 aliphatic heterocycles. The molecule has 0 saturated carbocycles. The van der Waals surface area contributed by atoms with E-state index in [1.807, 2.05) is 0 Å². The van der Waals surface area contributed by atoms with E-state index in [4.69, 9.17) is 4.74 Å². The van der Waals surface area contributed by atoms with Crippen LogP contribution in [0, 0.1) is 0 Å². The lowest BCUT2D eigenvalue weighted by atomic mass is 10.2. The fraction of sp³-hybridized carbons (Fsp3) is 0.0526. The largest absolute Gasteiger partial charge is 0.497 e. The number of nitrogens with one attached hydrogen (secondary N) is 2. The van der Waals surface area contributed by atoms with Gasteiger partial charge in [-0.05, 0) is 60.7 Å². The third-order valence-electron chi connectivity index (χ3n) is 3.69. The highest BCUT2D eigenvalue weighted by atomic mass is 32.2. The van der Waals surface area contributed by atoms with Crippen molar-refractivity contribution in [3.05, 3.63) is 78.6 Å². The predicted molar refractivity (Wildman–Crippen MR) is 102 cm³/mol. The molecule has 8 heteroatoms. The molecular weight excluding hydrogens is 366 g/mol. The monoisotopic (exact) mass is 383 g/mol. The molecule has 0 radical (unpaired) electrons. The van der Waals surface area contributed by atoms with Crippen LogP contribution in [0.5, 0.6) is 5.75 Å².